The number of nitrogens with one attached hydrogen (secondary N) is 1. The number of fused-ring (bicyclic) bond motifs is 1. The second kappa shape index (κ2) is 4.81. The molecule has 3 heteroatoms. The first-order valence-electron chi connectivity index (χ1n) is 6.85. The number of rotatable bonds is 4. The largest absolute Gasteiger partial charge is 0.310 e. The predicted octanol–water partition coefficient (Wildman–Crippen LogP) is 2.92. The molecule has 1 aromatic heterocycles. The van der Waals surface area contributed by atoms with Gasteiger partial charge in [0.05, 0.1) is 6.20 Å². The van der Waals surface area contributed by atoms with Crippen molar-refractivity contribution in [2.24, 2.45) is 5.41 Å². The van der Waals surface area contributed by atoms with E-state index in [0.717, 1.165) is 19.5 Å². The van der Waals surface area contributed by atoms with Gasteiger partial charge in [-0.2, -0.15) is 5.10 Å². The van der Waals surface area contributed by atoms with Crippen molar-refractivity contribution in [3.05, 3.63) is 17.5 Å². The van der Waals surface area contributed by atoms with Gasteiger partial charge in [0.1, 0.15) is 0 Å². The zero-order valence-corrected chi connectivity index (χ0v) is 11.6. The third-order valence-corrected chi connectivity index (χ3v) is 3.70. The summed E-state index contributed by atoms with van der Waals surface area (Å²) in [5, 5.41) is 8.18. The van der Waals surface area contributed by atoms with Gasteiger partial charge in [0.15, 0.2) is 0 Å². The van der Waals surface area contributed by atoms with Crippen molar-refractivity contribution in [2.45, 2.75) is 59.5 Å². The molecule has 0 aromatic carbocycles. The smallest absolute Gasteiger partial charge is 0.0540 e. The Hall–Kier alpha value is -0.830. The molecule has 2 rings (SSSR count). The van der Waals surface area contributed by atoms with Gasteiger partial charge in [-0.05, 0) is 38.1 Å². The number of hydrogen-bond donors (Lipinski definition) is 1. The highest BCUT2D eigenvalue weighted by Crippen LogP contribution is 2.40. The van der Waals surface area contributed by atoms with Crippen LogP contribution in [-0.4, -0.2) is 16.3 Å². The van der Waals surface area contributed by atoms with E-state index in [2.05, 4.69) is 49.0 Å². The fourth-order valence-electron chi connectivity index (χ4n) is 2.87. The number of hydrogen-bond acceptors (Lipinski definition) is 2. The monoisotopic (exact) mass is 235 g/mol. The number of aromatic nitrogens is 2. The molecule has 0 amide bonds. The van der Waals surface area contributed by atoms with Crippen molar-refractivity contribution < 1.29 is 0 Å². The topological polar surface area (TPSA) is 29.9 Å². The van der Waals surface area contributed by atoms with E-state index in [0.29, 0.717) is 11.5 Å². The van der Waals surface area contributed by atoms with Gasteiger partial charge in [-0.3, -0.25) is 4.68 Å². The quantitative estimate of drug-likeness (QED) is 0.869. The number of aryl methyl sites for hydroxylation is 1. The van der Waals surface area contributed by atoms with Gasteiger partial charge in [-0.1, -0.05) is 20.8 Å². The van der Waals surface area contributed by atoms with Crippen LogP contribution in [0.25, 0.3) is 0 Å². The lowest BCUT2D eigenvalue weighted by Crippen LogP contribution is -2.34. The van der Waals surface area contributed by atoms with Crippen LogP contribution in [0.3, 0.4) is 0 Å². The minimum atomic E-state index is 0.380. The average Bonchev–Trinajstić information content (AvgIpc) is 2.67. The van der Waals surface area contributed by atoms with Gasteiger partial charge in [0, 0.05) is 23.8 Å². The maximum Gasteiger partial charge on any atom is 0.0540 e. The Kier molecular flexibility index (Phi) is 3.57. The lowest BCUT2D eigenvalue weighted by Gasteiger charge is -2.36. The molecule has 0 bridgehead atoms. The summed E-state index contributed by atoms with van der Waals surface area (Å²) in [7, 11) is 0. The molecule has 1 aliphatic rings. The Morgan fingerprint density at radius 1 is 1.47 bits per heavy atom. The van der Waals surface area contributed by atoms with E-state index >= 15 is 0 Å². The van der Waals surface area contributed by atoms with Crippen LogP contribution in [0.1, 0.15) is 57.8 Å². The van der Waals surface area contributed by atoms with E-state index in [-0.39, 0.29) is 0 Å². The molecule has 1 unspecified atom stereocenters. The standard InChI is InChI=1S/C14H25N3/c1-5-7-15-12-8-14(3,4)9-13-11(12)10-16-17(13)6-2/h10,12,15H,5-9H2,1-4H3. The van der Waals surface area contributed by atoms with Crippen LogP contribution in [0.4, 0.5) is 0 Å². The summed E-state index contributed by atoms with van der Waals surface area (Å²) in [6, 6.07) is 0.494. The summed E-state index contributed by atoms with van der Waals surface area (Å²) < 4.78 is 2.16. The highest BCUT2D eigenvalue weighted by Gasteiger charge is 2.34. The fourth-order valence-corrected chi connectivity index (χ4v) is 2.87. The third-order valence-electron chi connectivity index (χ3n) is 3.70. The molecule has 0 aliphatic heterocycles. The molecule has 0 radical (unpaired) electrons. The molecular formula is C14H25N3. The molecule has 1 aromatic rings. The Labute approximate surface area is 105 Å². The van der Waals surface area contributed by atoms with Gasteiger partial charge in [-0.15, -0.1) is 0 Å². The summed E-state index contributed by atoms with van der Waals surface area (Å²) >= 11 is 0. The fraction of sp³-hybridized carbons (Fsp3) is 0.786. The van der Waals surface area contributed by atoms with Crippen LogP contribution in [0.15, 0.2) is 6.20 Å². The zero-order chi connectivity index (χ0) is 12.5. The Balaban J connectivity index is 2.28. The summed E-state index contributed by atoms with van der Waals surface area (Å²) in [6.45, 7) is 11.2. The van der Waals surface area contributed by atoms with E-state index in [4.69, 9.17) is 0 Å². The second-order valence-electron chi connectivity index (χ2n) is 5.91. The molecular weight excluding hydrogens is 210 g/mol. The second-order valence-corrected chi connectivity index (χ2v) is 5.91. The van der Waals surface area contributed by atoms with Crippen LogP contribution in [-0.2, 0) is 13.0 Å². The minimum Gasteiger partial charge on any atom is -0.310 e. The maximum atomic E-state index is 4.52. The Morgan fingerprint density at radius 2 is 2.24 bits per heavy atom. The molecule has 0 fully saturated rings. The van der Waals surface area contributed by atoms with E-state index in [1.807, 2.05) is 0 Å². The first-order chi connectivity index (χ1) is 8.07. The van der Waals surface area contributed by atoms with Crippen molar-refractivity contribution >= 4 is 0 Å². The Morgan fingerprint density at radius 3 is 2.88 bits per heavy atom. The molecule has 1 aliphatic carbocycles. The van der Waals surface area contributed by atoms with Crippen molar-refractivity contribution in [1.29, 1.82) is 0 Å². The highest BCUT2D eigenvalue weighted by atomic mass is 15.3. The normalized spacial score (nSPS) is 22.5. The summed E-state index contributed by atoms with van der Waals surface area (Å²) in [5.41, 5.74) is 3.25. The van der Waals surface area contributed by atoms with E-state index in [1.54, 1.807) is 0 Å². The van der Waals surface area contributed by atoms with Crippen LogP contribution in [0.2, 0.25) is 0 Å². The SMILES string of the molecule is CCCNC1CC(C)(C)Cc2c1cnn2CC. The third kappa shape index (κ3) is 2.54. The van der Waals surface area contributed by atoms with E-state index < -0.39 is 0 Å². The first kappa shape index (κ1) is 12.6. The molecule has 1 atom stereocenters. The van der Waals surface area contributed by atoms with Gasteiger partial charge in [0.25, 0.3) is 0 Å². The minimum absolute atomic E-state index is 0.380. The lowest BCUT2D eigenvalue weighted by molar-refractivity contribution is 0.251. The molecule has 1 N–H and O–H groups in total. The summed E-state index contributed by atoms with van der Waals surface area (Å²) in [6.07, 6.45) is 5.63. The number of nitrogens with zero attached hydrogens (tertiary/aromatic N) is 2. The molecule has 17 heavy (non-hydrogen) atoms. The molecule has 0 saturated carbocycles. The zero-order valence-electron chi connectivity index (χ0n) is 11.6. The predicted molar refractivity (Wildman–Crippen MR) is 71.0 cm³/mol. The molecule has 1 heterocycles. The van der Waals surface area contributed by atoms with Crippen LogP contribution in [0.5, 0.6) is 0 Å². The molecule has 3 nitrogen and oxygen atoms in total. The summed E-state index contributed by atoms with van der Waals surface area (Å²) in [5.74, 6) is 0. The first-order valence-corrected chi connectivity index (χ1v) is 6.85. The van der Waals surface area contributed by atoms with E-state index in [9.17, 15) is 0 Å². The van der Waals surface area contributed by atoms with Crippen LogP contribution >= 0.6 is 0 Å². The van der Waals surface area contributed by atoms with Gasteiger partial charge in [0.2, 0.25) is 0 Å². The van der Waals surface area contributed by atoms with Crippen LogP contribution < -0.4 is 5.32 Å². The van der Waals surface area contributed by atoms with Gasteiger partial charge < -0.3 is 5.32 Å². The van der Waals surface area contributed by atoms with Crippen molar-refractivity contribution in [1.82, 2.24) is 15.1 Å². The average molecular weight is 235 g/mol. The maximum absolute atomic E-state index is 4.52. The molecule has 96 valence electrons. The van der Waals surface area contributed by atoms with Crippen LogP contribution in [0, 0.1) is 5.41 Å². The Bertz CT molecular complexity index is 379. The molecule has 0 spiro atoms. The highest BCUT2D eigenvalue weighted by molar-refractivity contribution is 5.27. The van der Waals surface area contributed by atoms with Crippen molar-refractivity contribution in [2.75, 3.05) is 6.54 Å². The van der Waals surface area contributed by atoms with Gasteiger partial charge >= 0.3 is 0 Å². The van der Waals surface area contributed by atoms with E-state index in [1.165, 1.54) is 24.1 Å². The molecule has 0 saturated heterocycles. The van der Waals surface area contributed by atoms with Crippen molar-refractivity contribution in [3.63, 3.8) is 0 Å². The summed E-state index contributed by atoms with van der Waals surface area (Å²) in [4.78, 5) is 0. The lowest BCUT2D eigenvalue weighted by atomic mass is 9.74. The van der Waals surface area contributed by atoms with Gasteiger partial charge in [-0.25, -0.2) is 0 Å². The van der Waals surface area contributed by atoms with Crippen molar-refractivity contribution in [3.8, 4) is 0 Å².